The van der Waals surface area contributed by atoms with Crippen LogP contribution in [-0.4, -0.2) is 27.0 Å². The fourth-order valence-corrected chi connectivity index (χ4v) is 2.45. The van der Waals surface area contributed by atoms with Crippen LogP contribution in [0.2, 0.25) is 0 Å². The molecule has 0 aliphatic carbocycles. The largest absolute Gasteiger partial charge is 0.534 e. The maximum absolute atomic E-state index is 12.5. The maximum Gasteiger partial charge on any atom is 0.534 e. The van der Waals surface area contributed by atoms with Gasteiger partial charge in [0.05, 0.1) is 12.7 Å². The first kappa shape index (κ1) is 17.1. The highest BCUT2D eigenvalue weighted by molar-refractivity contribution is 7.88. The van der Waals surface area contributed by atoms with Crippen molar-refractivity contribution >= 4 is 26.9 Å². The molecular weight excluding hydrogens is 337 g/mol. The fraction of sp³-hybridized carbons (Fsp3) is 0.214. The number of hydrogen-bond donors (Lipinski definition) is 0. The number of aryl methyl sites for hydroxylation is 1. The molecule has 0 heterocycles. The first-order chi connectivity index (χ1) is 10.6. The van der Waals surface area contributed by atoms with Crippen molar-refractivity contribution in [3.63, 3.8) is 0 Å². The first-order valence-corrected chi connectivity index (χ1v) is 7.60. The molecular formula is C14H11F3O5S. The smallest absolute Gasteiger partial charge is 0.465 e. The van der Waals surface area contributed by atoms with Crippen LogP contribution < -0.4 is 4.18 Å². The van der Waals surface area contributed by atoms with Crippen LogP contribution in [0.1, 0.15) is 15.9 Å². The van der Waals surface area contributed by atoms with E-state index >= 15 is 0 Å². The summed E-state index contributed by atoms with van der Waals surface area (Å²) in [5.41, 5.74) is -5.33. The molecule has 2 aromatic rings. The van der Waals surface area contributed by atoms with Gasteiger partial charge < -0.3 is 8.92 Å². The van der Waals surface area contributed by atoms with E-state index in [0.717, 1.165) is 7.11 Å². The van der Waals surface area contributed by atoms with Gasteiger partial charge in [0.2, 0.25) is 0 Å². The second kappa shape index (κ2) is 5.73. The van der Waals surface area contributed by atoms with Gasteiger partial charge in [-0.15, -0.1) is 0 Å². The molecule has 0 aliphatic heterocycles. The Balaban J connectivity index is 2.67. The van der Waals surface area contributed by atoms with Crippen molar-refractivity contribution in [1.82, 2.24) is 0 Å². The van der Waals surface area contributed by atoms with Gasteiger partial charge >= 0.3 is 21.6 Å². The van der Waals surface area contributed by atoms with E-state index in [4.69, 9.17) is 0 Å². The standard InChI is InChI=1S/C14H11F3O5S/c1-8-3-4-9-5-6-10(13(18)21-2)7-11(9)12(8)22-23(19,20)14(15,16)17/h3-7H,1-2H3. The summed E-state index contributed by atoms with van der Waals surface area (Å²) >= 11 is 0. The predicted molar refractivity (Wildman–Crippen MR) is 75.6 cm³/mol. The molecule has 0 bridgehead atoms. The number of halogens is 3. The van der Waals surface area contributed by atoms with Crippen LogP contribution in [0.5, 0.6) is 5.75 Å². The van der Waals surface area contributed by atoms with Gasteiger partial charge in [-0.05, 0) is 30.0 Å². The Morgan fingerprint density at radius 1 is 1.13 bits per heavy atom. The molecule has 0 aliphatic rings. The van der Waals surface area contributed by atoms with Gasteiger partial charge in [0.25, 0.3) is 0 Å². The molecule has 0 aromatic heterocycles. The van der Waals surface area contributed by atoms with Gasteiger partial charge in [0.1, 0.15) is 0 Å². The van der Waals surface area contributed by atoms with E-state index in [9.17, 15) is 26.4 Å². The minimum Gasteiger partial charge on any atom is -0.465 e. The Morgan fingerprint density at radius 2 is 1.74 bits per heavy atom. The number of alkyl halides is 3. The third-order valence-corrected chi connectivity index (χ3v) is 4.02. The number of methoxy groups -OCH3 is 1. The summed E-state index contributed by atoms with van der Waals surface area (Å²) < 4.78 is 68.9. The Labute approximate surface area is 129 Å². The number of carbonyl (C=O) groups excluding carboxylic acids is 1. The van der Waals surface area contributed by atoms with Crippen LogP contribution in [0.4, 0.5) is 13.2 Å². The lowest BCUT2D eigenvalue weighted by atomic mass is 10.0. The molecule has 0 N–H and O–H groups in total. The highest BCUT2D eigenvalue weighted by atomic mass is 32.2. The molecule has 5 nitrogen and oxygen atoms in total. The molecule has 2 aromatic carbocycles. The molecule has 124 valence electrons. The quantitative estimate of drug-likeness (QED) is 0.484. The van der Waals surface area contributed by atoms with Crippen molar-refractivity contribution in [2.45, 2.75) is 12.4 Å². The lowest BCUT2D eigenvalue weighted by molar-refractivity contribution is -0.0499. The van der Waals surface area contributed by atoms with Gasteiger partial charge in [-0.25, -0.2) is 4.79 Å². The number of fused-ring (bicyclic) bond motifs is 1. The molecule has 0 radical (unpaired) electrons. The zero-order valence-corrected chi connectivity index (χ0v) is 12.8. The summed E-state index contributed by atoms with van der Waals surface area (Å²) in [4.78, 5) is 11.5. The molecule has 0 atom stereocenters. The van der Waals surface area contributed by atoms with Gasteiger partial charge in [-0.2, -0.15) is 21.6 Å². The van der Waals surface area contributed by atoms with Crippen LogP contribution >= 0.6 is 0 Å². The molecule has 0 amide bonds. The second-order valence-electron chi connectivity index (χ2n) is 4.62. The molecule has 0 spiro atoms. The Hall–Kier alpha value is -2.29. The summed E-state index contributed by atoms with van der Waals surface area (Å²) in [5.74, 6) is -1.19. The van der Waals surface area contributed by atoms with Crippen molar-refractivity contribution < 1.29 is 35.3 Å². The maximum atomic E-state index is 12.5. The van der Waals surface area contributed by atoms with Gasteiger partial charge in [0, 0.05) is 5.39 Å². The second-order valence-corrected chi connectivity index (χ2v) is 6.16. The normalized spacial score (nSPS) is 12.2. The Morgan fingerprint density at radius 3 is 2.30 bits per heavy atom. The molecule has 2 rings (SSSR count). The number of rotatable bonds is 3. The van der Waals surface area contributed by atoms with Crippen LogP contribution in [0, 0.1) is 6.92 Å². The molecule has 0 saturated carbocycles. The van der Waals surface area contributed by atoms with Crippen LogP contribution in [-0.2, 0) is 14.9 Å². The molecule has 9 heteroatoms. The van der Waals surface area contributed by atoms with Gasteiger partial charge in [-0.3, -0.25) is 0 Å². The third-order valence-electron chi connectivity index (χ3n) is 3.07. The average molecular weight is 348 g/mol. The van der Waals surface area contributed by atoms with Crippen LogP contribution in [0.25, 0.3) is 10.8 Å². The number of esters is 1. The minimum atomic E-state index is -5.82. The average Bonchev–Trinajstić information content (AvgIpc) is 2.47. The fourth-order valence-electron chi connectivity index (χ4n) is 1.91. The third kappa shape index (κ3) is 3.24. The van der Waals surface area contributed by atoms with Crippen molar-refractivity contribution in [3.05, 3.63) is 41.5 Å². The monoisotopic (exact) mass is 348 g/mol. The minimum absolute atomic E-state index is 0.0554. The van der Waals surface area contributed by atoms with Crippen molar-refractivity contribution in [3.8, 4) is 5.75 Å². The summed E-state index contributed by atoms with van der Waals surface area (Å²) in [7, 11) is -4.67. The van der Waals surface area contributed by atoms with E-state index in [-0.39, 0.29) is 16.5 Å². The number of benzene rings is 2. The Kier molecular flexibility index (Phi) is 4.25. The van der Waals surface area contributed by atoms with E-state index in [1.807, 2.05) is 0 Å². The van der Waals surface area contributed by atoms with E-state index < -0.39 is 27.3 Å². The summed E-state index contributed by atoms with van der Waals surface area (Å²) in [6.45, 7) is 1.39. The summed E-state index contributed by atoms with van der Waals surface area (Å²) in [6.07, 6.45) is 0. The van der Waals surface area contributed by atoms with Gasteiger partial charge in [0.15, 0.2) is 5.75 Å². The number of carbonyl (C=O) groups is 1. The zero-order valence-electron chi connectivity index (χ0n) is 12.0. The van der Waals surface area contributed by atoms with Crippen molar-refractivity contribution in [2.75, 3.05) is 7.11 Å². The molecule has 0 unspecified atom stereocenters. The van der Waals surface area contributed by atoms with Crippen LogP contribution in [0.15, 0.2) is 30.3 Å². The van der Waals surface area contributed by atoms with Crippen LogP contribution in [0.3, 0.4) is 0 Å². The number of ether oxygens (including phenoxy) is 1. The van der Waals surface area contributed by atoms with Crippen molar-refractivity contribution in [2.24, 2.45) is 0 Å². The zero-order chi connectivity index (χ0) is 17.4. The Bertz CT molecular complexity index is 872. The van der Waals surface area contributed by atoms with E-state index in [1.165, 1.54) is 31.2 Å². The lowest BCUT2D eigenvalue weighted by Crippen LogP contribution is -2.28. The highest BCUT2D eigenvalue weighted by Crippen LogP contribution is 2.35. The van der Waals surface area contributed by atoms with Crippen molar-refractivity contribution in [1.29, 1.82) is 0 Å². The molecule has 23 heavy (non-hydrogen) atoms. The SMILES string of the molecule is COC(=O)c1ccc2ccc(C)c(OS(=O)(=O)C(F)(F)F)c2c1. The first-order valence-electron chi connectivity index (χ1n) is 6.19. The topological polar surface area (TPSA) is 69.7 Å². The lowest BCUT2D eigenvalue weighted by Gasteiger charge is -2.14. The van der Waals surface area contributed by atoms with Gasteiger partial charge in [-0.1, -0.05) is 18.2 Å². The highest BCUT2D eigenvalue weighted by Gasteiger charge is 2.48. The van der Waals surface area contributed by atoms with E-state index in [0.29, 0.717) is 5.39 Å². The predicted octanol–water partition coefficient (Wildman–Crippen LogP) is 3.16. The van der Waals surface area contributed by atoms with E-state index in [2.05, 4.69) is 8.92 Å². The molecule has 0 saturated heterocycles. The molecule has 0 fully saturated rings. The number of hydrogen-bond acceptors (Lipinski definition) is 5. The summed E-state index contributed by atoms with van der Waals surface area (Å²) in [6, 6.07) is 7.06. The summed E-state index contributed by atoms with van der Waals surface area (Å²) in [5, 5.41) is 0.469. The van der Waals surface area contributed by atoms with E-state index in [1.54, 1.807) is 6.07 Å².